The molecule has 8 heteroatoms. The highest BCUT2D eigenvalue weighted by atomic mass is 35.5. The van der Waals surface area contributed by atoms with Crippen LogP contribution in [-0.2, 0) is 6.18 Å². The highest BCUT2D eigenvalue weighted by molar-refractivity contribution is 7.80. The van der Waals surface area contributed by atoms with Crippen LogP contribution >= 0.6 is 23.8 Å². The van der Waals surface area contributed by atoms with Crippen LogP contribution in [0, 0.1) is 0 Å². The van der Waals surface area contributed by atoms with E-state index < -0.39 is 11.7 Å². The molecular formula is C13H9ClF3N3S. The van der Waals surface area contributed by atoms with Gasteiger partial charge in [-0.05, 0) is 24.3 Å². The van der Waals surface area contributed by atoms with Crippen molar-refractivity contribution in [3.63, 3.8) is 0 Å². The van der Waals surface area contributed by atoms with Crippen molar-refractivity contribution in [2.75, 3.05) is 5.32 Å². The van der Waals surface area contributed by atoms with Crippen LogP contribution in [-0.4, -0.2) is 9.97 Å². The minimum atomic E-state index is -4.48. The number of thiocarbonyl (C=S) groups is 1. The maximum atomic E-state index is 12.8. The molecule has 0 spiro atoms. The summed E-state index contributed by atoms with van der Waals surface area (Å²) < 4.78 is 38.3. The zero-order valence-corrected chi connectivity index (χ0v) is 12.0. The summed E-state index contributed by atoms with van der Waals surface area (Å²) in [5, 5.41) is 2.76. The predicted octanol–water partition coefficient (Wildman–Crippen LogP) is 4.13. The lowest BCUT2D eigenvalue weighted by molar-refractivity contribution is -0.137. The maximum Gasteiger partial charge on any atom is 0.416 e. The van der Waals surface area contributed by atoms with E-state index in [2.05, 4.69) is 10.3 Å². The second-order valence-corrected chi connectivity index (χ2v) is 5.01. The first kappa shape index (κ1) is 15.5. The number of pyridine rings is 1. The number of halogens is 4. The molecular weight excluding hydrogens is 323 g/mol. The monoisotopic (exact) mass is 331 g/mol. The van der Waals surface area contributed by atoms with E-state index in [-0.39, 0.29) is 15.7 Å². The molecule has 0 radical (unpaired) electrons. The zero-order valence-electron chi connectivity index (χ0n) is 10.4. The first-order valence-corrected chi connectivity index (χ1v) is 6.44. The van der Waals surface area contributed by atoms with Gasteiger partial charge in [0.1, 0.15) is 4.99 Å². The molecule has 3 nitrogen and oxygen atoms in total. The number of hydrogen-bond donors (Lipinski definition) is 2. The molecule has 3 N–H and O–H groups in total. The normalized spacial score (nSPS) is 11.2. The Morgan fingerprint density at radius 2 is 2.00 bits per heavy atom. The zero-order chi connectivity index (χ0) is 15.6. The van der Waals surface area contributed by atoms with Gasteiger partial charge < -0.3 is 11.1 Å². The number of benzene rings is 1. The molecule has 0 aliphatic carbocycles. The Morgan fingerprint density at radius 1 is 1.29 bits per heavy atom. The van der Waals surface area contributed by atoms with E-state index in [1.54, 1.807) is 6.07 Å². The fourth-order valence-corrected chi connectivity index (χ4v) is 2.10. The van der Waals surface area contributed by atoms with E-state index in [1.165, 1.54) is 18.5 Å². The van der Waals surface area contributed by atoms with E-state index in [0.29, 0.717) is 11.3 Å². The molecule has 2 rings (SSSR count). The highest BCUT2D eigenvalue weighted by Gasteiger charge is 2.31. The molecule has 1 aromatic carbocycles. The number of alkyl halides is 3. The van der Waals surface area contributed by atoms with Gasteiger partial charge in [0.15, 0.2) is 0 Å². The molecule has 2 aromatic rings. The summed E-state index contributed by atoms with van der Waals surface area (Å²) in [6.07, 6.45) is -1.58. The number of nitrogens with zero attached hydrogens (tertiary/aromatic N) is 1. The minimum Gasteiger partial charge on any atom is -0.389 e. The Labute approximate surface area is 128 Å². The molecule has 1 aromatic heterocycles. The second-order valence-electron chi connectivity index (χ2n) is 4.14. The standard InChI is InChI=1S/C13H9ClF3N3S/c14-8-3-7(13(15,16)17)4-9(5-8)20-11-6-19-2-1-10(11)12(18)21/h1-6,20H,(H2,18,21). The Bertz CT molecular complexity index is 689. The fraction of sp³-hybridized carbons (Fsp3) is 0.0769. The Kier molecular flexibility index (Phi) is 4.34. The van der Waals surface area contributed by atoms with Crippen molar-refractivity contribution in [3.05, 3.63) is 52.8 Å². The molecule has 0 saturated heterocycles. The molecule has 0 aliphatic heterocycles. The maximum absolute atomic E-state index is 12.8. The van der Waals surface area contributed by atoms with Crippen molar-refractivity contribution >= 4 is 40.2 Å². The van der Waals surface area contributed by atoms with Gasteiger partial charge in [-0.2, -0.15) is 13.2 Å². The summed E-state index contributed by atoms with van der Waals surface area (Å²) in [5.41, 5.74) is 5.76. The smallest absolute Gasteiger partial charge is 0.389 e. The number of hydrogen-bond acceptors (Lipinski definition) is 3. The van der Waals surface area contributed by atoms with Gasteiger partial charge in [0.25, 0.3) is 0 Å². The summed E-state index contributed by atoms with van der Waals surface area (Å²) >= 11 is 10.6. The van der Waals surface area contributed by atoms with E-state index in [9.17, 15) is 13.2 Å². The SMILES string of the molecule is NC(=S)c1ccncc1Nc1cc(Cl)cc(C(F)(F)F)c1. The van der Waals surface area contributed by atoms with Gasteiger partial charge in [0.05, 0.1) is 17.4 Å². The van der Waals surface area contributed by atoms with Crippen LogP contribution in [0.5, 0.6) is 0 Å². The number of nitrogens with two attached hydrogens (primary N) is 1. The topological polar surface area (TPSA) is 50.9 Å². The van der Waals surface area contributed by atoms with Crippen LogP contribution in [0.4, 0.5) is 24.5 Å². The van der Waals surface area contributed by atoms with E-state index in [0.717, 1.165) is 12.1 Å². The van der Waals surface area contributed by atoms with Crippen molar-refractivity contribution in [2.45, 2.75) is 6.18 Å². The number of nitrogens with one attached hydrogen (secondary N) is 1. The van der Waals surface area contributed by atoms with Gasteiger partial charge in [-0.1, -0.05) is 23.8 Å². The summed E-state index contributed by atoms with van der Waals surface area (Å²) in [6.45, 7) is 0. The average molecular weight is 332 g/mol. The minimum absolute atomic E-state index is 0.0342. The number of aromatic nitrogens is 1. The summed E-state index contributed by atoms with van der Waals surface area (Å²) in [6, 6.07) is 4.74. The fourth-order valence-electron chi connectivity index (χ4n) is 1.69. The first-order chi connectivity index (χ1) is 9.77. The van der Waals surface area contributed by atoms with Crippen LogP contribution < -0.4 is 11.1 Å². The lowest BCUT2D eigenvalue weighted by Crippen LogP contribution is -2.12. The third kappa shape index (κ3) is 3.83. The van der Waals surface area contributed by atoms with Gasteiger partial charge in [0.2, 0.25) is 0 Å². The van der Waals surface area contributed by atoms with E-state index in [4.69, 9.17) is 29.6 Å². The van der Waals surface area contributed by atoms with Gasteiger partial charge in [0, 0.05) is 22.5 Å². The van der Waals surface area contributed by atoms with E-state index >= 15 is 0 Å². The van der Waals surface area contributed by atoms with Crippen molar-refractivity contribution in [1.82, 2.24) is 4.98 Å². The van der Waals surface area contributed by atoms with Crippen LogP contribution in [0.15, 0.2) is 36.7 Å². The molecule has 0 amide bonds. The molecule has 0 fully saturated rings. The lowest BCUT2D eigenvalue weighted by atomic mass is 10.1. The van der Waals surface area contributed by atoms with Crippen LogP contribution in [0.1, 0.15) is 11.1 Å². The van der Waals surface area contributed by atoms with Crippen molar-refractivity contribution in [1.29, 1.82) is 0 Å². The van der Waals surface area contributed by atoms with Gasteiger partial charge in [-0.3, -0.25) is 4.98 Å². The third-order valence-electron chi connectivity index (χ3n) is 2.59. The Balaban J connectivity index is 2.41. The molecule has 0 saturated carbocycles. The molecule has 1 heterocycles. The first-order valence-electron chi connectivity index (χ1n) is 5.66. The molecule has 110 valence electrons. The van der Waals surface area contributed by atoms with Crippen LogP contribution in [0.2, 0.25) is 5.02 Å². The second kappa shape index (κ2) is 5.87. The predicted molar refractivity (Wildman–Crippen MR) is 79.9 cm³/mol. The van der Waals surface area contributed by atoms with Crippen molar-refractivity contribution in [3.8, 4) is 0 Å². The summed E-state index contributed by atoms with van der Waals surface area (Å²) in [4.78, 5) is 3.99. The molecule has 0 aliphatic rings. The largest absolute Gasteiger partial charge is 0.416 e. The van der Waals surface area contributed by atoms with Crippen molar-refractivity contribution < 1.29 is 13.2 Å². The quantitative estimate of drug-likeness (QED) is 0.830. The summed E-state index contributed by atoms with van der Waals surface area (Å²) in [7, 11) is 0. The molecule has 0 atom stereocenters. The molecule has 21 heavy (non-hydrogen) atoms. The third-order valence-corrected chi connectivity index (χ3v) is 3.03. The lowest BCUT2D eigenvalue weighted by Gasteiger charge is -2.13. The number of rotatable bonds is 3. The Hall–Kier alpha value is -1.86. The van der Waals surface area contributed by atoms with Crippen LogP contribution in [0.3, 0.4) is 0 Å². The van der Waals surface area contributed by atoms with Crippen LogP contribution in [0.25, 0.3) is 0 Å². The Morgan fingerprint density at radius 3 is 2.62 bits per heavy atom. The van der Waals surface area contributed by atoms with E-state index in [1.807, 2.05) is 0 Å². The molecule has 0 unspecified atom stereocenters. The van der Waals surface area contributed by atoms with Gasteiger partial charge in [-0.15, -0.1) is 0 Å². The summed E-state index contributed by atoms with van der Waals surface area (Å²) in [5.74, 6) is 0. The van der Waals surface area contributed by atoms with Gasteiger partial charge >= 0.3 is 6.18 Å². The highest BCUT2D eigenvalue weighted by Crippen LogP contribution is 2.34. The van der Waals surface area contributed by atoms with Gasteiger partial charge in [-0.25, -0.2) is 0 Å². The molecule has 0 bridgehead atoms. The van der Waals surface area contributed by atoms with Crippen molar-refractivity contribution in [2.24, 2.45) is 5.73 Å². The average Bonchev–Trinajstić information content (AvgIpc) is 2.37. The number of anilines is 2.